The molecule has 1 atom stereocenters. The van der Waals surface area contributed by atoms with E-state index in [1.807, 2.05) is 37.4 Å². The van der Waals surface area contributed by atoms with Crippen LogP contribution in [-0.4, -0.2) is 16.5 Å². The van der Waals surface area contributed by atoms with Crippen LogP contribution in [0.5, 0.6) is 0 Å². The Hall–Kier alpha value is -1.72. The van der Waals surface area contributed by atoms with E-state index in [1.54, 1.807) is 11.3 Å². The SMILES string of the molecule is CCNC(Cc1nc2ccccc2o1)c1cnc(C)s1. The van der Waals surface area contributed by atoms with Gasteiger partial charge in [-0.15, -0.1) is 11.3 Å². The normalized spacial score (nSPS) is 12.9. The molecular formula is C15H17N3OS. The number of hydrogen-bond acceptors (Lipinski definition) is 5. The van der Waals surface area contributed by atoms with E-state index in [2.05, 4.69) is 22.2 Å². The average molecular weight is 287 g/mol. The Morgan fingerprint density at radius 3 is 2.90 bits per heavy atom. The summed E-state index contributed by atoms with van der Waals surface area (Å²) in [5.74, 6) is 0.767. The van der Waals surface area contributed by atoms with E-state index in [0.29, 0.717) is 0 Å². The van der Waals surface area contributed by atoms with Gasteiger partial charge in [0, 0.05) is 17.5 Å². The Morgan fingerprint density at radius 2 is 2.20 bits per heavy atom. The first-order valence-corrected chi connectivity index (χ1v) is 7.58. The molecule has 0 fully saturated rings. The molecular weight excluding hydrogens is 270 g/mol. The number of rotatable bonds is 5. The van der Waals surface area contributed by atoms with Crippen molar-refractivity contribution in [3.8, 4) is 0 Å². The van der Waals surface area contributed by atoms with E-state index in [9.17, 15) is 0 Å². The first kappa shape index (κ1) is 13.3. The minimum absolute atomic E-state index is 0.208. The van der Waals surface area contributed by atoms with Gasteiger partial charge in [-0.25, -0.2) is 9.97 Å². The van der Waals surface area contributed by atoms with Crippen molar-refractivity contribution < 1.29 is 4.42 Å². The van der Waals surface area contributed by atoms with E-state index < -0.39 is 0 Å². The zero-order valence-electron chi connectivity index (χ0n) is 11.6. The van der Waals surface area contributed by atoms with Crippen molar-refractivity contribution in [2.45, 2.75) is 26.3 Å². The van der Waals surface area contributed by atoms with Crippen molar-refractivity contribution in [1.29, 1.82) is 0 Å². The number of thiazole rings is 1. The van der Waals surface area contributed by atoms with Gasteiger partial charge in [-0.1, -0.05) is 19.1 Å². The minimum atomic E-state index is 0.208. The van der Waals surface area contributed by atoms with Gasteiger partial charge in [-0.05, 0) is 25.6 Å². The molecule has 0 saturated carbocycles. The molecule has 0 radical (unpaired) electrons. The molecule has 5 heteroatoms. The van der Waals surface area contributed by atoms with E-state index in [-0.39, 0.29) is 6.04 Å². The van der Waals surface area contributed by atoms with E-state index in [4.69, 9.17) is 4.42 Å². The summed E-state index contributed by atoms with van der Waals surface area (Å²) >= 11 is 1.72. The lowest BCUT2D eigenvalue weighted by Gasteiger charge is -2.13. The fourth-order valence-corrected chi connectivity index (χ4v) is 3.10. The second-order valence-corrected chi connectivity index (χ2v) is 5.94. The van der Waals surface area contributed by atoms with Crippen molar-refractivity contribution >= 4 is 22.4 Å². The van der Waals surface area contributed by atoms with Gasteiger partial charge in [-0.3, -0.25) is 0 Å². The largest absolute Gasteiger partial charge is 0.441 e. The summed E-state index contributed by atoms with van der Waals surface area (Å²) in [5, 5.41) is 4.56. The van der Waals surface area contributed by atoms with Crippen LogP contribution in [0.2, 0.25) is 0 Å². The summed E-state index contributed by atoms with van der Waals surface area (Å²) in [6.07, 6.45) is 2.68. The van der Waals surface area contributed by atoms with Crippen LogP contribution in [0, 0.1) is 6.92 Å². The molecule has 2 heterocycles. The second-order valence-electron chi connectivity index (χ2n) is 4.67. The number of hydrogen-bond donors (Lipinski definition) is 1. The van der Waals surface area contributed by atoms with Gasteiger partial charge in [0.2, 0.25) is 0 Å². The fourth-order valence-electron chi connectivity index (χ4n) is 2.24. The molecule has 4 nitrogen and oxygen atoms in total. The Labute approximate surface area is 121 Å². The third kappa shape index (κ3) is 2.73. The lowest BCUT2D eigenvalue weighted by atomic mass is 10.2. The predicted molar refractivity (Wildman–Crippen MR) is 81.0 cm³/mol. The maximum Gasteiger partial charge on any atom is 0.197 e. The monoisotopic (exact) mass is 287 g/mol. The van der Waals surface area contributed by atoms with E-state index in [1.165, 1.54) is 4.88 Å². The quantitative estimate of drug-likeness (QED) is 0.780. The predicted octanol–water partition coefficient (Wildman–Crippen LogP) is 3.49. The van der Waals surface area contributed by atoms with Gasteiger partial charge in [0.15, 0.2) is 11.5 Å². The third-order valence-corrected chi connectivity index (χ3v) is 4.18. The maximum absolute atomic E-state index is 5.81. The standard InChI is InChI=1S/C15H17N3OS/c1-3-16-12(14-9-17-10(2)20-14)8-15-18-11-6-4-5-7-13(11)19-15/h4-7,9,12,16H,3,8H2,1-2H3. The summed E-state index contributed by atoms with van der Waals surface area (Å²) < 4.78 is 5.81. The molecule has 3 aromatic rings. The first-order chi connectivity index (χ1) is 9.76. The number of fused-ring (bicyclic) bond motifs is 1. The zero-order valence-corrected chi connectivity index (χ0v) is 12.4. The highest BCUT2D eigenvalue weighted by Gasteiger charge is 2.17. The molecule has 20 heavy (non-hydrogen) atoms. The summed E-state index contributed by atoms with van der Waals surface area (Å²) in [6, 6.07) is 8.07. The number of benzene rings is 1. The number of aromatic nitrogens is 2. The molecule has 0 amide bonds. The molecule has 0 aliphatic rings. The number of nitrogens with one attached hydrogen (secondary N) is 1. The lowest BCUT2D eigenvalue weighted by Crippen LogP contribution is -2.22. The summed E-state index contributed by atoms with van der Waals surface area (Å²) in [7, 11) is 0. The average Bonchev–Trinajstić information content (AvgIpc) is 3.03. The molecule has 0 spiro atoms. The van der Waals surface area contributed by atoms with Crippen LogP contribution in [0.15, 0.2) is 34.9 Å². The molecule has 104 valence electrons. The van der Waals surface area contributed by atoms with Gasteiger partial charge in [0.25, 0.3) is 0 Å². The molecule has 0 aliphatic carbocycles. The maximum atomic E-state index is 5.81. The Morgan fingerprint density at radius 1 is 1.35 bits per heavy atom. The Kier molecular flexibility index (Phi) is 3.80. The summed E-state index contributed by atoms with van der Waals surface area (Å²) in [6.45, 7) is 5.03. The minimum Gasteiger partial charge on any atom is -0.441 e. The Bertz CT molecular complexity index is 671. The number of likely N-dealkylation sites (N-methyl/N-ethyl adjacent to an activating group) is 1. The van der Waals surface area contributed by atoms with Gasteiger partial charge >= 0.3 is 0 Å². The zero-order chi connectivity index (χ0) is 13.9. The molecule has 0 saturated heterocycles. The van der Waals surface area contributed by atoms with Gasteiger partial charge < -0.3 is 9.73 Å². The summed E-state index contributed by atoms with van der Waals surface area (Å²) in [5.41, 5.74) is 1.76. The van der Waals surface area contributed by atoms with Crippen molar-refractivity contribution in [2.24, 2.45) is 0 Å². The van der Waals surface area contributed by atoms with Gasteiger partial charge in [0.1, 0.15) is 5.52 Å². The van der Waals surface area contributed by atoms with Gasteiger partial charge in [0.05, 0.1) is 11.0 Å². The van der Waals surface area contributed by atoms with Crippen LogP contribution in [0.25, 0.3) is 11.1 Å². The topological polar surface area (TPSA) is 51.0 Å². The van der Waals surface area contributed by atoms with Crippen molar-refractivity contribution in [1.82, 2.24) is 15.3 Å². The van der Waals surface area contributed by atoms with Crippen LogP contribution in [-0.2, 0) is 6.42 Å². The third-order valence-electron chi connectivity index (χ3n) is 3.15. The molecule has 3 rings (SSSR count). The molecule has 0 bridgehead atoms. The highest BCUT2D eigenvalue weighted by molar-refractivity contribution is 7.11. The van der Waals surface area contributed by atoms with Crippen LogP contribution in [0.1, 0.15) is 28.7 Å². The highest BCUT2D eigenvalue weighted by atomic mass is 32.1. The van der Waals surface area contributed by atoms with Crippen molar-refractivity contribution in [3.63, 3.8) is 0 Å². The van der Waals surface area contributed by atoms with Crippen molar-refractivity contribution in [2.75, 3.05) is 6.54 Å². The molecule has 1 unspecified atom stereocenters. The summed E-state index contributed by atoms with van der Waals surface area (Å²) in [4.78, 5) is 10.1. The van der Waals surface area contributed by atoms with Crippen LogP contribution >= 0.6 is 11.3 Å². The highest BCUT2D eigenvalue weighted by Crippen LogP contribution is 2.25. The number of aryl methyl sites for hydroxylation is 1. The Balaban J connectivity index is 1.85. The number of oxazole rings is 1. The molecule has 0 aliphatic heterocycles. The molecule has 2 aromatic heterocycles. The smallest absolute Gasteiger partial charge is 0.197 e. The number of nitrogens with zero attached hydrogens (tertiary/aromatic N) is 2. The fraction of sp³-hybridized carbons (Fsp3) is 0.333. The lowest BCUT2D eigenvalue weighted by molar-refractivity contribution is 0.464. The van der Waals surface area contributed by atoms with E-state index in [0.717, 1.165) is 35.0 Å². The molecule has 1 aromatic carbocycles. The van der Waals surface area contributed by atoms with Crippen LogP contribution in [0.4, 0.5) is 0 Å². The molecule has 1 N–H and O–H groups in total. The first-order valence-electron chi connectivity index (χ1n) is 6.76. The van der Waals surface area contributed by atoms with Gasteiger partial charge in [-0.2, -0.15) is 0 Å². The second kappa shape index (κ2) is 5.73. The van der Waals surface area contributed by atoms with Crippen LogP contribution < -0.4 is 5.32 Å². The number of para-hydroxylation sites is 2. The van der Waals surface area contributed by atoms with Crippen LogP contribution in [0.3, 0.4) is 0 Å². The van der Waals surface area contributed by atoms with Crippen molar-refractivity contribution in [3.05, 3.63) is 46.2 Å². The van der Waals surface area contributed by atoms with E-state index >= 15 is 0 Å².